The van der Waals surface area contributed by atoms with Crippen molar-refractivity contribution in [1.82, 2.24) is 4.90 Å². The van der Waals surface area contributed by atoms with Gasteiger partial charge < -0.3 is 4.74 Å². The zero-order chi connectivity index (χ0) is 14.4. The van der Waals surface area contributed by atoms with Crippen molar-refractivity contribution in [3.63, 3.8) is 0 Å². The number of thioether (sulfide) groups is 1. The van der Waals surface area contributed by atoms with E-state index >= 15 is 0 Å². The lowest BCUT2D eigenvalue weighted by Gasteiger charge is -2.27. The standard InChI is InChI=1S/C17H27NOS/c1-14(2)18(9-7-15-8-10-19-13-15)12-16-5-4-6-17(11-16)20-3/h4-6,11,14-15H,7-10,12-13H2,1-3H3. The van der Waals surface area contributed by atoms with Crippen LogP contribution in [-0.2, 0) is 11.3 Å². The lowest BCUT2D eigenvalue weighted by atomic mass is 10.0. The summed E-state index contributed by atoms with van der Waals surface area (Å²) in [7, 11) is 0. The maximum absolute atomic E-state index is 5.48. The van der Waals surface area contributed by atoms with Gasteiger partial charge in [0.15, 0.2) is 0 Å². The summed E-state index contributed by atoms with van der Waals surface area (Å²) in [6.07, 6.45) is 4.65. The predicted octanol–water partition coefficient (Wildman–Crippen LogP) is 4.05. The van der Waals surface area contributed by atoms with E-state index in [1.54, 1.807) is 0 Å². The van der Waals surface area contributed by atoms with E-state index in [2.05, 4.69) is 49.3 Å². The minimum atomic E-state index is 0.593. The molecule has 0 radical (unpaired) electrons. The van der Waals surface area contributed by atoms with Crippen LogP contribution in [0.3, 0.4) is 0 Å². The van der Waals surface area contributed by atoms with Crippen LogP contribution in [0.15, 0.2) is 29.2 Å². The van der Waals surface area contributed by atoms with Gasteiger partial charge in [0, 0.05) is 30.7 Å². The number of benzene rings is 1. The van der Waals surface area contributed by atoms with Crippen LogP contribution >= 0.6 is 11.8 Å². The Bertz CT molecular complexity index is 402. The summed E-state index contributed by atoms with van der Waals surface area (Å²) in [5.74, 6) is 0.772. The molecule has 1 aliphatic rings. The SMILES string of the molecule is CSc1cccc(CN(CCC2CCOC2)C(C)C)c1. The smallest absolute Gasteiger partial charge is 0.0495 e. The average Bonchev–Trinajstić information content (AvgIpc) is 2.96. The van der Waals surface area contributed by atoms with Gasteiger partial charge in [0.1, 0.15) is 0 Å². The molecule has 1 aromatic carbocycles. The van der Waals surface area contributed by atoms with Crippen LogP contribution < -0.4 is 0 Å². The van der Waals surface area contributed by atoms with E-state index in [1.807, 2.05) is 11.8 Å². The summed E-state index contributed by atoms with van der Waals surface area (Å²) in [5, 5.41) is 0. The van der Waals surface area contributed by atoms with Gasteiger partial charge in [-0.3, -0.25) is 4.90 Å². The Morgan fingerprint density at radius 3 is 2.90 bits per heavy atom. The first-order valence-corrected chi connectivity index (χ1v) is 8.86. The van der Waals surface area contributed by atoms with Gasteiger partial charge in [0.05, 0.1) is 0 Å². The molecule has 0 amide bonds. The summed E-state index contributed by atoms with van der Waals surface area (Å²) in [6.45, 7) is 8.75. The number of hydrogen-bond acceptors (Lipinski definition) is 3. The molecular weight excluding hydrogens is 266 g/mol. The highest BCUT2D eigenvalue weighted by molar-refractivity contribution is 7.98. The van der Waals surface area contributed by atoms with E-state index in [9.17, 15) is 0 Å². The molecule has 0 spiro atoms. The van der Waals surface area contributed by atoms with Crippen LogP contribution in [0.1, 0.15) is 32.3 Å². The minimum absolute atomic E-state index is 0.593. The number of nitrogens with zero attached hydrogens (tertiary/aromatic N) is 1. The lowest BCUT2D eigenvalue weighted by molar-refractivity contribution is 0.167. The highest BCUT2D eigenvalue weighted by atomic mass is 32.2. The van der Waals surface area contributed by atoms with Crippen molar-refractivity contribution in [3.05, 3.63) is 29.8 Å². The Kier molecular flexibility index (Phi) is 6.40. The fourth-order valence-corrected chi connectivity index (χ4v) is 3.17. The van der Waals surface area contributed by atoms with Crippen LogP contribution in [0.4, 0.5) is 0 Å². The predicted molar refractivity (Wildman–Crippen MR) is 87.3 cm³/mol. The first-order valence-electron chi connectivity index (χ1n) is 7.63. The van der Waals surface area contributed by atoms with Crippen LogP contribution in [0.25, 0.3) is 0 Å². The summed E-state index contributed by atoms with van der Waals surface area (Å²) in [6, 6.07) is 9.51. The summed E-state index contributed by atoms with van der Waals surface area (Å²) in [5.41, 5.74) is 1.42. The zero-order valence-electron chi connectivity index (χ0n) is 13.0. The van der Waals surface area contributed by atoms with Gasteiger partial charge >= 0.3 is 0 Å². The van der Waals surface area contributed by atoms with Crippen molar-refractivity contribution in [2.45, 2.75) is 44.2 Å². The third kappa shape index (κ3) is 4.80. The average molecular weight is 293 g/mol. The Morgan fingerprint density at radius 2 is 2.25 bits per heavy atom. The maximum atomic E-state index is 5.48. The lowest BCUT2D eigenvalue weighted by Crippen LogP contribution is -2.32. The second-order valence-electron chi connectivity index (χ2n) is 5.93. The molecule has 0 bridgehead atoms. The van der Waals surface area contributed by atoms with E-state index < -0.39 is 0 Å². The molecule has 2 rings (SSSR count). The van der Waals surface area contributed by atoms with E-state index in [0.717, 1.165) is 25.7 Å². The molecule has 0 aromatic heterocycles. The molecule has 0 saturated carbocycles. The van der Waals surface area contributed by atoms with Gasteiger partial charge in [-0.25, -0.2) is 0 Å². The second-order valence-corrected chi connectivity index (χ2v) is 6.81. The van der Waals surface area contributed by atoms with Crippen molar-refractivity contribution >= 4 is 11.8 Å². The molecule has 3 heteroatoms. The first kappa shape index (κ1) is 15.9. The normalized spacial score (nSPS) is 19.1. The Morgan fingerprint density at radius 1 is 1.40 bits per heavy atom. The quantitative estimate of drug-likeness (QED) is 0.704. The van der Waals surface area contributed by atoms with Crippen LogP contribution in [0.5, 0.6) is 0 Å². The fourth-order valence-electron chi connectivity index (χ4n) is 2.68. The maximum Gasteiger partial charge on any atom is 0.0495 e. The molecule has 1 saturated heterocycles. The monoisotopic (exact) mass is 293 g/mol. The Labute approximate surface area is 127 Å². The van der Waals surface area contributed by atoms with Gasteiger partial charge in [0.25, 0.3) is 0 Å². The molecule has 0 aliphatic carbocycles. The molecule has 112 valence electrons. The fraction of sp³-hybridized carbons (Fsp3) is 0.647. The van der Waals surface area contributed by atoms with Crippen molar-refractivity contribution in [3.8, 4) is 0 Å². The van der Waals surface area contributed by atoms with Gasteiger partial charge in [-0.05, 0) is 63.1 Å². The molecule has 20 heavy (non-hydrogen) atoms. The number of hydrogen-bond donors (Lipinski definition) is 0. The van der Waals surface area contributed by atoms with Gasteiger partial charge in [-0.15, -0.1) is 11.8 Å². The summed E-state index contributed by atoms with van der Waals surface area (Å²) in [4.78, 5) is 3.94. The van der Waals surface area contributed by atoms with E-state index in [-0.39, 0.29) is 0 Å². The van der Waals surface area contributed by atoms with E-state index in [1.165, 1.54) is 29.8 Å². The summed E-state index contributed by atoms with van der Waals surface area (Å²) >= 11 is 1.82. The molecule has 2 nitrogen and oxygen atoms in total. The molecule has 0 N–H and O–H groups in total. The largest absolute Gasteiger partial charge is 0.381 e. The third-order valence-electron chi connectivity index (χ3n) is 4.10. The van der Waals surface area contributed by atoms with Crippen molar-refractivity contribution in [2.24, 2.45) is 5.92 Å². The molecule has 1 fully saturated rings. The molecular formula is C17H27NOS. The van der Waals surface area contributed by atoms with Crippen LogP contribution in [0.2, 0.25) is 0 Å². The van der Waals surface area contributed by atoms with Crippen molar-refractivity contribution in [2.75, 3.05) is 26.0 Å². The van der Waals surface area contributed by atoms with E-state index in [0.29, 0.717) is 6.04 Å². The zero-order valence-corrected chi connectivity index (χ0v) is 13.8. The second kappa shape index (κ2) is 8.06. The van der Waals surface area contributed by atoms with E-state index in [4.69, 9.17) is 4.74 Å². The van der Waals surface area contributed by atoms with Gasteiger partial charge in [-0.2, -0.15) is 0 Å². The third-order valence-corrected chi connectivity index (χ3v) is 4.82. The highest BCUT2D eigenvalue weighted by Gasteiger charge is 2.18. The van der Waals surface area contributed by atoms with Gasteiger partial charge in [-0.1, -0.05) is 12.1 Å². The molecule has 1 atom stereocenters. The summed E-state index contributed by atoms with van der Waals surface area (Å²) < 4.78 is 5.48. The molecule has 1 aromatic rings. The van der Waals surface area contributed by atoms with Crippen LogP contribution in [-0.4, -0.2) is 37.0 Å². The van der Waals surface area contributed by atoms with Gasteiger partial charge in [0.2, 0.25) is 0 Å². The Balaban J connectivity index is 1.90. The number of rotatable bonds is 7. The Hall–Kier alpha value is -0.510. The van der Waals surface area contributed by atoms with Crippen molar-refractivity contribution in [1.29, 1.82) is 0 Å². The number of ether oxygens (including phenoxy) is 1. The highest BCUT2D eigenvalue weighted by Crippen LogP contribution is 2.20. The molecule has 1 unspecified atom stereocenters. The molecule has 1 heterocycles. The first-order chi connectivity index (χ1) is 9.69. The topological polar surface area (TPSA) is 12.5 Å². The molecule has 1 aliphatic heterocycles. The minimum Gasteiger partial charge on any atom is -0.381 e. The van der Waals surface area contributed by atoms with Crippen molar-refractivity contribution < 1.29 is 4.74 Å². The van der Waals surface area contributed by atoms with Crippen LogP contribution in [0, 0.1) is 5.92 Å².